The molecular weight excluding hydrogens is 500 g/mol. The van der Waals surface area contributed by atoms with Crippen LogP contribution in [0.15, 0.2) is 57.5 Å². The first kappa shape index (κ1) is 25.7. The number of aromatic nitrogens is 1. The summed E-state index contributed by atoms with van der Waals surface area (Å²) >= 11 is 7.40. The van der Waals surface area contributed by atoms with Crippen molar-refractivity contribution in [2.24, 2.45) is 4.99 Å². The normalized spacial score (nSPS) is 15.6. The molecule has 0 saturated heterocycles. The Morgan fingerprint density at radius 2 is 1.97 bits per heavy atom. The minimum atomic E-state index is -0.681. The van der Waals surface area contributed by atoms with E-state index in [-0.39, 0.29) is 22.1 Å². The van der Waals surface area contributed by atoms with Crippen LogP contribution in [0.25, 0.3) is 6.08 Å². The summed E-state index contributed by atoms with van der Waals surface area (Å²) in [5.41, 5.74) is 3.05. The van der Waals surface area contributed by atoms with Crippen molar-refractivity contribution in [2.75, 3.05) is 13.7 Å². The molecule has 0 bridgehead atoms. The summed E-state index contributed by atoms with van der Waals surface area (Å²) in [6.45, 7) is 8.10. The molecule has 1 aliphatic rings. The number of methoxy groups -OCH3 is 1. The maximum absolute atomic E-state index is 13.7. The molecule has 9 heteroatoms. The van der Waals surface area contributed by atoms with Crippen molar-refractivity contribution in [3.05, 3.63) is 89.1 Å². The molecule has 4 rings (SSSR count). The van der Waals surface area contributed by atoms with E-state index in [9.17, 15) is 14.7 Å². The summed E-state index contributed by atoms with van der Waals surface area (Å²) in [7, 11) is 1.32. The molecule has 0 saturated carbocycles. The van der Waals surface area contributed by atoms with Crippen LogP contribution < -0.4 is 19.6 Å². The van der Waals surface area contributed by atoms with E-state index in [1.54, 1.807) is 32.1 Å². The van der Waals surface area contributed by atoms with E-state index in [1.807, 2.05) is 24.3 Å². The van der Waals surface area contributed by atoms with Crippen LogP contribution >= 0.6 is 22.9 Å². The lowest BCUT2D eigenvalue weighted by atomic mass is 9.93. The molecule has 2 heterocycles. The predicted octanol–water partition coefficient (Wildman–Crippen LogP) is 4.29. The van der Waals surface area contributed by atoms with Gasteiger partial charge in [0.25, 0.3) is 5.56 Å². The fourth-order valence-corrected chi connectivity index (χ4v) is 5.43. The highest BCUT2D eigenvalue weighted by atomic mass is 35.5. The van der Waals surface area contributed by atoms with Crippen molar-refractivity contribution >= 4 is 35.0 Å². The van der Waals surface area contributed by atoms with Crippen LogP contribution in [0.3, 0.4) is 0 Å². The number of esters is 1. The molecule has 36 heavy (non-hydrogen) atoms. The third-order valence-electron chi connectivity index (χ3n) is 5.99. The van der Waals surface area contributed by atoms with Crippen LogP contribution in [0.1, 0.15) is 56.3 Å². The molecular formula is C27H27ClN2O5S. The molecule has 0 unspecified atom stereocenters. The SMILES string of the molecule is CCOc1cc(/C=c2\sc3n(c2=O)[C@H](c2ccc(C(C)C)cc2)C(C(=O)OC)=C(C)N=3)cc(Cl)c1O. The number of benzene rings is 2. The smallest absolute Gasteiger partial charge is 0.338 e. The molecule has 0 amide bonds. The zero-order chi connectivity index (χ0) is 26.1. The number of hydrogen-bond donors (Lipinski definition) is 1. The van der Waals surface area contributed by atoms with E-state index in [4.69, 9.17) is 21.1 Å². The summed E-state index contributed by atoms with van der Waals surface area (Å²) in [4.78, 5) is 31.6. The predicted molar refractivity (Wildman–Crippen MR) is 141 cm³/mol. The van der Waals surface area contributed by atoms with Crippen molar-refractivity contribution in [1.82, 2.24) is 4.57 Å². The van der Waals surface area contributed by atoms with Crippen LogP contribution in [-0.4, -0.2) is 29.4 Å². The molecule has 1 atom stereocenters. The van der Waals surface area contributed by atoms with Gasteiger partial charge in [0.1, 0.15) is 0 Å². The molecule has 188 valence electrons. The molecule has 0 aliphatic carbocycles. The largest absolute Gasteiger partial charge is 0.503 e. The number of phenolic OH excluding ortho intramolecular Hbond substituents is 1. The molecule has 2 aromatic carbocycles. The summed E-state index contributed by atoms with van der Waals surface area (Å²) in [5, 5.41) is 10.3. The average molecular weight is 527 g/mol. The quantitative estimate of drug-likeness (QED) is 0.484. The Morgan fingerprint density at radius 1 is 1.28 bits per heavy atom. The molecule has 1 aromatic heterocycles. The highest BCUT2D eigenvalue weighted by Crippen LogP contribution is 2.35. The number of carbonyl (C=O) groups excluding carboxylic acids is 1. The number of rotatable bonds is 6. The van der Waals surface area contributed by atoms with E-state index >= 15 is 0 Å². The topological polar surface area (TPSA) is 90.1 Å². The van der Waals surface area contributed by atoms with E-state index < -0.39 is 12.0 Å². The summed E-state index contributed by atoms with van der Waals surface area (Å²) in [6.07, 6.45) is 1.67. The first-order valence-corrected chi connectivity index (χ1v) is 12.7. The first-order valence-electron chi connectivity index (χ1n) is 11.5. The monoisotopic (exact) mass is 526 g/mol. The van der Waals surface area contributed by atoms with Gasteiger partial charge in [0, 0.05) is 0 Å². The highest BCUT2D eigenvalue weighted by Gasteiger charge is 2.33. The number of hydrogen-bond acceptors (Lipinski definition) is 7. The van der Waals surface area contributed by atoms with Crippen LogP contribution in [0.2, 0.25) is 5.02 Å². The number of halogens is 1. The number of thiazole rings is 1. The second-order valence-electron chi connectivity index (χ2n) is 8.68. The third kappa shape index (κ3) is 4.70. The Bertz CT molecular complexity index is 1530. The van der Waals surface area contributed by atoms with Crippen molar-refractivity contribution in [1.29, 1.82) is 0 Å². The maximum atomic E-state index is 13.7. The van der Waals surface area contributed by atoms with E-state index in [0.717, 1.165) is 11.1 Å². The van der Waals surface area contributed by atoms with Crippen molar-refractivity contribution in [2.45, 2.75) is 39.7 Å². The Hall–Kier alpha value is -3.36. The zero-order valence-electron chi connectivity index (χ0n) is 20.7. The van der Waals surface area contributed by atoms with Gasteiger partial charge in [-0.2, -0.15) is 0 Å². The van der Waals surface area contributed by atoms with Crippen LogP contribution in [-0.2, 0) is 9.53 Å². The van der Waals surface area contributed by atoms with E-state index in [1.165, 1.54) is 23.0 Å². The molecule has 1 aliphatic heterocycles. The van der Waals surface area contributed by atoms with Gasteiger partial charge in [0.2, 0.25) is 0 Å². The molecule has 7 nitrogen and oxygen atoms in total. The standard InChI is InChI=1S/C27H27ClN2O5S/c1-6-35-20-12-16(11-19(28)24(20)31)13-21-25(32)30-23(18-9-7-17(8-10-18)14(2)3)22(26(33)34-5)15(4)29-27(30)36-21/h7-14,23,31H,6H2,1-5H3/b21-13-/t23-/m1/s1. The number of allylic oxidation sites excluding steroid dienone is 1. The lowest BCUT2D eigenvalue weighted by Crippen LogP contribution is -2.39. The van der Waals surface area contributed by atoms with Gasteiger partial charge >= 0.3 is 5.97 Å². The fraction of sp³-hybridized carbons (Fsp3) is 0.296. The van der Waals surface area contributed by atoms with Crippen molar-refractivity contribution in [3.8, 4) is 11.5 Å². The average Bonchev–Trinajstić information content (AvgIpc) is 3.15. The van der Waals surface area contributed by atoms with Gasteiger partial charge in [-0.3, -0.25) is 9.36 Å². The molecule has 1 N–H and O–H groups in total. The zero-order valence-corrected chi connectivity index (χ0v) is 22.2. The lowest BCUT2D eigenvalue weighted by Gasteiger charge is -2.24. The molecule has 0 radical (unpaired) electrons. The Labute approximate surface area is 217 Å². The Morgan fingerprint density at radius 3 is 2.58 bits per heavy atom. The Balaban J connectivity index is 1.93. The maximum Gasteiger partial charge on any atom is 0.338 e. The minimum absolute atomic E-state index is 0.118. The van der Waals surface area contributed by atoms with E-state index in [0.29, 0.717) is 38.7 Å². The number of phenols is 1. The van der Waals surface area contributed by atoms with Gasteiger partial charge in [0.15, 0.2) is 16.3 Å². The Kier molecular flexibility index (Phi) is 7.38. The number of fused-ring (bicyclic) bond motifs is 1. The number of aromatic hydroxyl groups is 1. The van der Waals surface area contributed by atoms with Gasteiger partial charge in [-0.15, -0.1) is 0 Å². The lowest BCUT2D eigenvalue weighted by molar-refractivity contribution is -0.136. The van der Waals surface area contributed by atoms with Gasteiger partial charge in [0.05, 0.1) is 40.6 Å². The highest BCUT2D eigenvalue weighted by molar-refractivity contribution is 7.07. The number of carbonyl (C=O) groups is 1. The minimum Gasteiger partial charge on any atom is -0.503 e. The van der Waals surface area contributed by atoms with Crippen molar-refractivity contribution < 1.29 is 19.4 Å². The molecule has 0 fully saturated rings. The van der Waals surface area contributed by atoms with E-state index in [2.05, 4.69) is 18.8 Å². The van der Waals surface area contributed by atoms with Crippen molar-refractivity contribution in [3.63, 3.8) is 0 Å². The van der Waals surface area contributed by atoms with Gasteiger partial charge in [-0.1, -0.05) is 61.1 Å². The number of nitrogens with zero attached hydrogens (tertiary/aromatic N) is 2. The van der Waals surface area contributed by atoms with Gasteiger partial charge < -0.3 is 14.6 Å². The van der Waals surface area contributed by atoms with Crippen LogP contribution in [0, 0.1) is 0 Å². The first-order chi connectivity index (χ1) is 17.2. The third-order valence-corrected chi connectivity index (χ3v) is 7.27. The summed E-state index contributed by atoms with van der Waals surface area (Å²) in [6, 6.07) is 10.4. The van der Waals surface area contributed by atoms with Crippen LogP contribution in [0.4, 0.5) is 0 Å². The van der Waals surface area contributed by atoms with Gasteiger partial charge in [-0.05, 0) is 54.7 Å². The second kappa shape index (κ2) is 10.3. The van der Waals surface area contributed by atoms with Gasteiger partial charge in [-0.25, -0.2) is 9.79 Å². The summed E-state index contributed by atoms with van der Waals surface area (Å²) in [5.74, 6) is -0.108. The fourth-order valence-electron chi connectivity index (χ4n) is 4.17. The number of ether oxygens (including phenoxy) is 2. The molecule has 0 spiro atoms. The summed E-state index contributed by atoms with van der Waals surface area (Å²) < 4.78 is 12.5. The van der Waals surface area contributed by atoms with Crippen LogP contribution in [0.5, 0.6) is 11.5 Å². The second-order valence-corrected chi connectivity index (χ2v) is 10.1. The molecule has 3 aromatic rings.